The molecule has 2 aromatic rings. The third kappa shape index (κ3) is 3.27. The number of benzene rings is 1. The van der Waals surface area contributed by atoms with E-state index in [1.54, 1.807) is 0 Å². The van der Waals surface area contributed by atoms with E-state index in [-0.39, 0.29) is 18.3 Å². The van der Waals surface area contributed by atoms with Gasteiger partial charge >= 0.3 is 12.0 Å². The standard InChI is InChI=1S/C12H9BrN2O3/c13-9-3-1-2-8(6-9)7-18-12-14-5-4-10(15-12)11(16)17/h1-6H,7H2,(H,16,17). The molecule has 1 N–H and O–H groups in total. The predicted molar refractivity (Wildman–Crippen MR) is 67.5 cm³/mol. The Hall–Kier alpha value is -1.95. The van der Waals surface area contributed by atoms with Gasteiger partial charge in [-0.25, -0.2) is 9.78 Å². The molecule has 0 aliphatic heterocycles. The van der Waals surface area contributed by atoms with Gasteiger partial charge in [0.05, 0.1) is 0 Å². The molecule has 1 aromatic carbocycles. The van der Waals surface area contributed by atoms with Crippen molar-refractivity contribution in [1.29, 1.82) is 0 Å². The van der Waals surface area contributed by atoms with E-state index >= 15 is 0 Å². The van der Waals surface area contributed by atoms with Crippen LogP contribution in [0.5, 0.6) is 6.01 Å². The zero-order chi connectivity index (χ0) is 13.0. The Balaban J connectivity index is 2.06. The molecule has 0 atom stereocenters. The zero-order valence-electron chi connectivity index (χ0n) is 9.21. The largest absolute Gasteiger partial charge is 0.477 e. The maximum atomic E-state index is 10.7. The van der Waals surface area contributed by atoms with Gasteiger partial charge in [0, 0.05) is 10.7 Å². The summed E-state index contributed by atoms with van der Waals surface area (Å²) in [5.74, 6) is -1.11. The molecule has 18 heavy (non-hydrogen) atoms. The second kappa shape index (κ2) is 5.59. The third-order valence-corrected chi connectivity index (χ3v) is 2.60. The van der Waals surface area contributed by atoms with Gasteiger partial charge in [-0.1, -0.05) is 28.1 Å². The van der Waals surface area contributed by atoms with Gasteiger partial charge in [-0.15, -0.1) is 0 Å². The summed E-state index contributed by atoms with van der Waals surface area (Å²) < 4.78 is 6.28. The molecule has 0 aliphatic rings. The fraction of sp³-hybridized carbons (Fsp3) is 0.0833. The van der Waals surface area contributed by atoms with Gasteiger partial charge in [0.1, 0.15) is 6.61 Å². The second-order valence-electron chi connectivity index (χ2n) is 3.45. The fourth-order valence-corrected chi connectivity index (χ4v) is 1.75. The zero-order valence-corrected chi connectivity index (χ0v) is 10.8. The van der Waals surface area contributed by atoms with Crippen molar-refractivity contribution in [2.24, 2.45) is 0 Å². The van der Waals surface area contributed by atoms with Crippen molar-refractivity contribution in [2.45, 2.75) is 6.61 Å². The van der Waals surface area contributed by atoms with E-state index in [4.69, 9.17) is 9.84 Å². The fourth-order valence-electron chi connectivity index (χ4n) is 1.30. The van der Waals surface area contributed by atoms with Gasteiger partial charge in [-0.3, -0.25) is 0 Å². The molecule has 0 aliphatic carbocycles. The van der Waals surface area contributed by atoms with Gasteiger partial charge in [-0.05, 0) is 23.8 Å². The number of hydrogen-bond acceptors (Lipinski definition) is 4. The predicted octanol–water partition coefficient (Wildman–Crippen LogP) is 2.52. The van der Waals surface area contributed by atoms with Crippen molar-refractivity contribution >= 4 is 21.9 Å². The normalized spacial score (nSPS) is 10.1. The highest BCUT2D eigenvalue weighted by Crippen LogP contribution is 2.13. The van der Waals surface area contributed by atoms with Crippen molar-refractivity contribution in [3.63, 3.8) is 0 Å². The number of aromatic carboxylic acids is 1. The molecule has 2 rings (SSSR count). The molecular formula is C12H9BrN2O3. The van der Waals surface area contributed by atoms with Crippen LogP contribution in [0, 0.1) is 0 Å². The summed E-state index contributed by atoms with van der Waals surface area (Å²) in [5, 5.41) is 8.78. The van der Waals surface area contributed by atoms with E-state index in [0.717, 1.165) is 10.0 Å². The Kier molecular flexibility index (Phi) is 3.88. The van der Waals surface area contributed by atoms with E-state index in [9.17, 15) is 4.79 Å². The lowest BCUT2D eigenvalue weighted by atomic mass is 10.2. The van der Waals surface area contributed by atoms with Crippen LogP contribution < -0.4 is 4.74 Å². The highest BCUT2D eigenvalue weighted by Gasteiger charge is 2.07. The summed E-state index contributed by atoms with van der Waals surface area (Å²) in [6, 6.07) is 8.96. The Bertz CT molecular complexity index is 575. The lowest BCUT2D eigenvalue weighted by Gasteiger charge is -2.05. The molecular weight excluding hydrogens is 300 g/mol. The van der Waals surface area contributed by atoms with Gasteiger partial charge in [0.2, 0.25) is 0 Å². The monoisotopic (exact) mass is 308 g/mol. The van der Waals surface area contributed by atoms with E-state index in [2.05, 4.69) is 25.9 Å². The van der Waals surface area contributed by atoms with Crippen LogP contribution in [0.1, 0.15) is 16.1 Å². The molecule has 0 unspecified atom stereocenters. The quantitative estimate of drug-likeness (QED) is 0.939. The number of carbonyl (C=O) groups is 1. The number of halogens is 1. The van der Waals surface area contributed by atoms with Crippen LogP contribution >= 0.6 is 15.9 Å². The summed E-state index contributed by atoms with van der Waals surface area (Å²) in [6.07, 6.45) is 1.35. The molecule has 0 radical (unpaired) electrons. The average molecular weight is 309 g/mol. The summed E-state index contributed by atoms with van der Waals surface area (Å²) >= 11 is 3.35. The van der Waals surface area contributed by atoms with Crippen molar-refractivity contribution in [3.8, 4) is 6.01 Å². The van der Waals surface area contributed by atoms with Crippen LogP contribution in [0.3, 0.4) is 0 Å². The second-order valence-corrected chi connectivity index (χ2v) is 4.36. The van der Waals surface area contributed by atoms with Crippen molar-refractivity contribution < 1.29 is 14.6 Å². The summed E-state index contributed by atoms with van der Waals surface area (Å²) in [6.45, 7) is 0.280. The number of hydrogen-bond donors (Lipinski definition) is 1. The molecule has 0 fully saturated rings. The molecule has 5 nitrogen and oxygen atoms in total. The smallest absolute Gasteiger partial charge is 0.354 e. The Morgan fingerprint density at radius 1 is 1.39 bits per heavy atom. The van der Waals surface area contributed by atoms with Crippen LogP contribution in [0.4, 0.5) is 0 Å². The third-order valence-electron chi connectivity index (χ3n) is 2.11. The summed E-state index contributed by atoms with van der Waals surface area (Å²) in [5.41, 5.74) is 0.850. The van der Waals surface area contributed by atoms with Crippen molar-refractivity contribution in [1.82, 2.24) is 9.97 Å². The van der Waals surface area contributed by atoms with Crippen LogP contribution in [0.15, 0.2) is 41.0 Å². The van der Waals surface area contributed by atoms with Crippen LogP contribution in [-0.4, -0.2) is 21.0 Å². The number of aromatic nitrogens is 2. The highest BCUT2D eigenvalue weighted by molar-refractivity contribution is 9.10. The van der Waals surface area contributed by atoms with Gasteiger partial charge in [0.15, 0.2) is 5.69 Å². The number of nitrogens with zero attached hydrogens (tertiary/aromatic N) is 2. The Morgan fingerprint density at radius 3 is 2.94 bits per heavy atom. The van der Waals surface area contributed by atoms with Gasteiger partial charge < -0.3 is 9.84 Å². The first-order chi connectivity index (χ1) is 8.65. The van der Waals surface area contributed by atoms with E-state index < -0.39 is 5.97 Å². The molecule has 1 aromatic heterocycles. The molecule has 1 heterocycles. The molecule has 0 saturated carbocycles. The summed E-state index contributed by atoms with van der Waals surface area (Å²) in [4.78, 5) is 18.3. The van der Waals surface area contributed by atoms with Gasteiger partial charge in [-0.2, -0.15) is 4.98 Å². The van der Waals surface area contributed by atoms with Crippen LogP contribution in [-0.2, 0) is 6.61 Å². The lowest BCUT2D eigenvalue weighted by molar-refractivity contribution is 0.0688. The van der Waals surface area contributed by atoms with E-state index in [0.29, 0.717) is 0 Å². The maximum Gasteiger partial charge on any atom is 0.354 e. The minimum atomic E-state index is -1.11. The molecule has 6 heteroatoms. The Morgan fingerprint density at radius 2 is 2.22 bits per heavy atom. The van der Waals surface area contributed by atoms with Crippen LogP contribution in [0.25, 0.3) is 0 Å². The minimum absolute atomic E-state index is 0.0508. The molecule has 0 saturated heterocycles. The first-order valence-corrected chi connectivity index (χ1v) is 5.88. The SMILES string of the molecule is O=C(O)c1ccnc(OCc2cccc(Br)c2)n1. The number of carboxylic acids is 1. The average Bonchev–Trinajstić information content (AvgIpc) is 2.37. The number of ether oxygens (including phenoxy) is 1. The molecule has 0 bridgehead atoms. The van der Waals surface area contributed by atoms with Crippen LogP contribution in [0.2, 0.25) is 0 Å². The van der Waals surface area contributed by atoms with E-state index in [1.807, 2.05) is 24.3 Å². The lowest BCUT2D eigenvalue weighted by Crippen LogP contribution is -2.05. The minimum Gasteiger partial charge on any atom is -0.477 e. The number of carboxylic acid groups (broad SMARTS) is 1. The topological polar surface area (TPSA) is 72.3 Å². The first kappa shape index (κ1) is 12.5. The highest BCUT2D eigenvalue weighted by atomic mass is 79.9. The van der Waals surface area contributed by atoms with Gasteiger partial charge in [0.25, 0.3) is 0 Å². The first-order valence-electron chi connectivity index (χ1n) is 5.09. The maximum absolute atomic E-state index is 10.7. The Labute approximate surface area is 112 Å². The summed E-state index contributed by atoms with van der Waals surface area (Å²) in [7, 11) is 0. The molecule has 92 valence electrons. The van der Waals surface area contributed by atoms with Crippen molar-refractivity contribution in [2.75, 3.05) is 0 Å². The molecule has 0 spiro atoms. The molecule has 0 amide bonds. The van der Waals surface area contributed by atoms with E-state index in [1.165, 1.54) is 12.3 Å². The van der Waals surface area contributed by atoms with Crippen molar-refractivity contribution in [3.05, 3.63) is 52.3 Å². The number of rotatable bonds is 4.